The number of carbonyl (C=O) groups excluding carboxylic acids is 3. The van der Waals surface area contributed by atoms with Crippen LogP contribution in [-0.4, -0.2) is 53.7 Å². The molecule has 34 heavy (non-hydrogen) atoms. The number of carbonyl (C=O) groups is 4. The highest BCUT2D eigenvalue weighted by atomic mass is 32.1. The van der Waals surface area contributed by atoms with Gasteiger partial charge in [-0.25, -0.2) is 9.78 Å². The second-order valence-electron chi connectivity index (χ2n) is 7.33. The second kappa shape index (κ2) is 10.1. The number of rotatable bonds is 8. The number of amides is 3. The lowest BCUT2D eigenvalue weighted by atomic mass is 9.98. The number of thiazole rings is 1. The van der Waals surface area contributed by atoms with Crippen molar-refractivity contribution in [3.8, 4) is 11.1 Å². The highest BCUT2D eigenvalue weighted by Gasteiger charge is 2.29. The summed E-state index contributed by atoms with van der Waals surface area (Å²) in [6.07, 6.45) is 0.560. The number of benzene rings is 2. The summed E-state index contributed by atoms with van der Waals surface area (Å²) in [5.41, 5.74) is 4.44. The van der Waals surface area contributed by atoms with E-state index >= 15 is 0 Å². The zero-order chi connectivity index (χ0) is 24.1. The predicted molar refractivity (Wildman–Crippen MR) is 124 cm³/mol. The number of aliphatic carboxylic acids is 1. The summed E-state index contributed by atoms with van der Waals surface area (Å²) >= 11 is 0.914. The highest BCUT2D eigenvalue weighted by Crippen LogP contribution is 2.44. The molecule has 0 saturated heterocycles. The van der Waals surface area contributed by atoms with Gasteiger partial charge in [0.15, 0.2) is 5.13 Å². The summed E-state index contributed by atoms with van der Waals surface area (Å²) in [5, 5.41) is 15.7. The zero-order valence-electron chi connectivity index (χ0n) is 17.7. The number of anilines is 1. The first-order valence-corrected chi connectivity index (χ1v) is 11.1. The van der Waals surface area contributed by atoms with Gasteiger partial charge in [-0.05, 0) is 22.3 Å². The second-order valence-corrected chi connectivity index (χ2v) is 8.36. The summed E-state index contributed by atoms with van der Waals surface area (Å²) in [7, 11) is 0. The molecule has 1 heterocycles. The molecule has 0 aliphatic heterocycles. The van der Waals surface area contributed by atoms with Crippen LogP contribution in [0.2, 0.25) is 0 Å². The van der Waals surface area contributed by atoms with Crippen LogP contribution in [0.15, 0.2) is 54.7 Å². The predicted octanol–water partition coefficient (Wildman–Crippen LogP) is 2.43. The van der Waals surface area contributed by atoms with Crippen molar-refractivity contribution in [3.63, 3.8) is 0 Å². The molecule has 0 saturated carbocycles. The standard InChI is InChI=1S/C23H20N4O6S/c28-19(24-11-20(29)30)10-25-21(31)18-9-26-22(34-18)27-23(32)33-12-17-15-7-3-1-5-13(15)14-6-2-4-8-16(14)17/h1-9,17H,10-12H2,(H,24,28)(H,25,31)(H,29,30)(H,26,27,32). The normalized spacial score (nSPS) is 11.8. The Morgan fingerprint density at radius 2 is 1.59 bits per heavy atom. The molecule has 3 aromatic rings. The van der Waals surface area contributed by atoms with E-state index in [-0.39, 0.29) is 29.1 Å². The maximum absolute atomic E-state index is 12.3. The summed E-state index contributed by atoms with van der Waals surface area (Å²) in [6, 6.07) is 16.0. The Hall–Kier alpha value is -4.25. The Labute approximate surface area is 198 Å². The van der Waals surface area contributed by atoms with Crippen molar-refractivity contribution < 1.29 is 29.0 Å². The molecule has 0 unspecified atom stereocenters. The van der Waals surface area contributed by atoms with Crippen molar-refractivity contribution in [1.29, 1.82) is 0 Å². The van der Waals surface area contributed by atoms with E-state index in [1.807, 2.05) is 48.5 Å². The molecule has 0 radical (unpaired) electrons. The van der Waals surface area contributed by atoms with E-state index < -0.39 is 30.4 Å². The fraction of sp³-hybridized carbons (Fsp3) is 0.174. The molecule has 0 bridgehead atoms. The highest BCUT2D eigenvalue weighted by molar-refractivity contribution is 7.17. The SMILES string of the molecule is O=C(O)CNC(=O)CNC(=O)c1cnc(NC(=O)OCC2c3ccccc3-c3ccccc32)s1. The largest absolute Gasteiger partial charge is 0.480 e. The minimum Gasteiger partial charge on any atom is -0.480 e. The summed E-state index contributed by atoms with van der Waals surface area (Å²) in [6.45, 7) is -0.785. The minimum absolute atomic E-state index is 0.0805. The van der Waals surface area contributed by atoms with Gasteiger partial charge in [0.2, 0.25) is 5.91 Å². The summed E-state index contributed by atoms with van der Waals surface area (Å²) < 4.78 is 5.45. The monoisotopic (exact) mass is 480 g/mol. The van der Waals surface area contributed by atoms with Gasteiger partial charge in [0.05, 0.1) is 12.7 Å². The van der Waals surface area contributed by atoms with Crippen LogP contribution in [0.25, 0.3) is 11.1 Å². The Bertz CT molecular complexity index is 1210. The van der Waals surface area contributed by atoms with E-state index in [9.17, 15) is 19.2 Å². The van der Waals surface area contributed by atoms with Gasteiger partial charge in [-0.3, -0.25) is 19.7 Å². The third-order valence-corrected chi connectivity index (χ3v) is 6.04. The molecular formula is C23H20N4O6S. The van der Waals surface area contributed by atoms with Crippen LogP contribution in [0.5, 0.6) is 0 Å². The van der Waals surface area contributed by atoms with E-state index in [0.717, 1.165) is 33.6 Å². The first-order chi connectivity index (χ1) is 16.4. The number of carboxylic acid groups (broad SMARTS) is 1. The van der Waals surface area contributed by atoms with Gasteiger partial charge in [-0.15, -0.1) is 0 Å². The molecule has 0 fully saturated rings. The van der Waals surface area contributed by atoms with Crippen LogP contribution < -0.4 is 16.0 Å². The fourth-order valence-electron chi connectivity index (χ4n) is 3.64. The van der Waals surface area contributed by atoms with Gasteiger partial charge in [-0.2, -0.15) is 0 Å². The first-order valence-electron chi connectivity index (χ1n) is 10.3. The Balaban J connectivity index is 1.30. The number of aromatic nitrogens is 1. The van der Waals surface area contributed by atoms with E-state index in [1.54, 1.807) is 0 Å². The molecule has 0 atom stereocenters. The smallest absolute Gasteiger partial charge is 0.413 e. The van der Waals surface area contributed by atoms with Gasteiger partial charge >= 0.3 is 12.1 Å². The van der Waals surface area contributed by atoms with Gasteiger partial charge in [0, 0.05) is 5.92 Å². The fourth-order valence-corrected chi connectivity index (χ4v) is 4.36. The average Bonchev–Trinajstić information content (AvgIpc) is 3.42. The molecule has 1 aliphatic rings. The molecule has 2 aromatic carbocycles. The minimum atomic E-state index is -1.19. The quantitative estimate of drug-likeness (QED) is 0.387. The van der Waals surface area contributed by atoms with Crippen molar-refractivity contribution in [2.24, 2.45) is 0 Å². The van der Waals surface area contributed by atoms with E-state index in [0.29, 0.717) is 0 Å². The lowest BCUT2D eigenvalue weighted by Crippen LogP contribution is -2.38. The zero-order valence-corrected chi connectivity index (χ0v) is 18.6. The number of hydrogen-bond acceptors (Lipinski definition) is 7. The Kier molecular flexibility index (Phi) is 6.83. The molecule has 1 aromatic heterocycles. The van der Waals surface area contributed by atoms with Crippen molar-refractivity contribution in [2.75, 3.05) is 25.0 Å². The third-order valence-electron chi connectivity index (χ3n) is 5.13. The topological polar surface area (TPSA) is 147 Å². The van der Waals surface area contributed by atoms with Crippen molar-refractivity contribution in [3.05, 3.63) is 70.7 Å². The molecule has 4 N–H and O–H groups in total. The van der Waals surface area contributed by atoms with Crippen LogP contribution >= 0.6 is 11.3 Å². The number of ether oxygens (including phenoxy) is 1. The van der Waals surface area contributed by atoms with Crippen LogP contribution in [0.1, 0.15) is 26.7 Å². The lowest BCUT2D eigenvalue weighted by Gasteiger charge is -2.14. The summed E-state index contributed by atoms with van der Waals surface area (Å²) in [4.78, 5) is 50.6. The number of nitrogens with one attached hydrogen (secondary N) is 3. The van der Waals surface area contributed by atoms with Crippen LogP contribution in [0, 0.1) is 0 Å². The third kappa shape index (κ3) is 5.21. The maximum Gasteiger partial charge on any atom is 0.413 e. The molecule has 0 spiro atoms. The number of fused-ring (bicyclic) bond motifs is 3. The molecular weight excluding hydrogens is 460 g/mol. The van der Waals surface area contributed by atoms with Crippen molar-refractivity contribution in [2.45, 2.75) is 5.92 Å². The molecule has 10 nitrogen and oxygen atoms in total. The van der Waals surface area contributed by atoms with Gasteiger partial charge in [0.1, 0.15) is 18.0 Å². The Morgan fingerprint density at radius 1 is 0.941 bits per heavy atom. The van der Waals surface area contributed by atoms with Gasteiger partial charge in [0.25, 0.3) is 5.91 Å². The molecule has 1 aliphatic carbocycles. The molecule has 4 rings (SSSR count). The Morgan fingerprint density at radius 3 is 2.24 bits per heavy atom. The van der Waals surface area contributed by atoms with E-state index in [1.165, 1.54) is 6.20 Å². The number of carboxylic acids is 1. The van der Waals surface area contributed by atoms with Crippen LogP contribution in [0.4, 0.5) is 9.93 Å². The first kappa shape index (κ1) is 22.9. The van der Waals surface area contributed by atoms with Crippen molar-refractivity contribution in [1.82, 2.24) is 15.6 Å². The van der Waals surface area contributed by atoms with Gasteiger partial charge < -0.3 is 20.5 Å². The summed E-state index contributed by atoms with van der Waals surface area (Å²) in [5.74, 6) is -2.49. The maximum atomic E-state index is 12.3. The van der Waals surface area contributed by atoms with Crippen LogP contribution in [0.3, 0.4) is 0 Å². The lowest BCUT2D eigenvalue weighted by molar-refractivity contribution is -0.137. The van der Waals surface area contributed by atoms with E-state index in [4.69, 9.17) is 9.84 Å². The molecule has 3 amide bonds. The van der Waals surface area contributed by atoms with Crippen molar-refractivity contribution >= 4 is 40.3 Å². The number of nitrogens with zero attached hydrogens (tertiary/aromatic N) is 1. The molecule has 174 valence electrons. The van der Waals surface area contributed by atoms with Gasteiger partial charge in [-0.1, -0.05) is 59.9 Å². The van der Waals surface area contributed by atoms with Crippen LogP contribution in [-0.2, 0) is 14.3 Å². The molecule has 11 heteroatoms. The average molecular weight is 481 g/mol. The van der Waals surface area contributed by atoms with E-state index in [2.05, 4.69) is 20.9 Å². The number of hydrogen-bond donors (Lipinski definition) is 4.